The van der Waals surface area contributed by atoms with Gasteiger partial charge in [-0.2, -0.15) is 0 Å². The van der Waals surface area contributed by atoms with Crippen LogP contribution in [0.2, 0.25) is 0 Å². The molecule has 6 heteroatoms. The van der Waals surface area contributed by atoms with E-state index in [1.807, 2.05) is 30.3 Å². The van der Waals surface area contributed by atoms with Gasteiger partial charge in [0, 0.05) is 23.9 Å². The highest BCUT2D eigenvalue weighted by Gasteiger charge is 2.37. The van der Waals surface area contributed by atoms with Gasteiger partial charge in [-0.3, -0.25) is 15.0 Å². The Labute approximate surface area is 139 Å². The zero-order valence-electron chi connectivity index (χ0n) is 13.0. The first-order valence-corrected chi connectivity index (χ1v) is 7.60. The number of rotatable bonds is 5. The summed E-state index contributed by atoms with van der Waals surface area (Å²) in [5.41, 5.74) is 1.34. The third kappa shape index (κ3) is 2.86. The van der Waals surface area contributed by atoms with Crippen molar-refractivity contribution in [2.24, 2.45) is 0 Å². The Balaban J connectivity index is 1.87. The summed E-state index contributed by atoms with van der Waals surface area (Å²) >= 11 is 0. The van der Waals surface area contributed by atoms with Crippen molar-refractivity contribution < 1.29 is 9.72 Å². The number of carbonyl (C=O) groups excluding carboxylic acids is 1. The Kier molecular flexibility index (Phi) is 4.29. The van der Waals surface area contributed by atoms with E-state index >= 15 is 0 Å². The predicted octanol–water partition coefficient (Wildman–Crippen LogP) is 3.59. The maximum absolute atomic E-state index is 12.8. The van der Waals surface area contributed by atoms with Gasteiger partial charge in [0.1, 0.15) is 0 Å². The van der Waals surface area contributed by atoms with Crippen molar-refractivity contribution in [1.29, 1.82) is 0 Å². The Morgan fingerprint density at radius 3 is 2.50 bits per heavy atom. The quantitative estimate of drug-likeness (QED) is 0.480. The number of nitro groups is 1. The molecule has 0 unspecified atom stereocenters. The lowest BCUT2D eigenvalue weighted by molar-refractivity contribution is -0.385. The highest BCUT2D eigenvalue weighted by molar-refractivity contribution is 5.95. The van der Waals surface area contributed by atoms with Crippen LogP contribution in [0, 0.1) is 10.1 Å². The van der Waals surface area contributed by atoms with Crippen molar-refractivity contribution in [3.8, 4) is 0 Å². The smallest absolute Gasteiger partial charge is 0.317 e. The van der Waals surface area contributed by atoms with Gasteiger partial charge in [-0.15, -0.1) is 6.58 Å². The lowest BCUT2D eigenvalue weighted by Crippen LogP contribution is -2.34. The number of carbonyl (C=O) groups is 1. The van der Waals surface area contributed by atoms with Gasteiger partial charge >= 0.3 is 6.03 Å². The maximum Gasteiger partial charge on any atom is 0.325 e. The summed E-state index contributed by atoms with van der Waals surface area (Å²) < 4.78 is 0. The van der Waals surface area contributed by atoms with Crippen LogP contribution < -0.4 is 4.90 Å². The summed E-state index contributed by atoms with van der Waals surface area (Å²) in [5, 5.41) is 11.2. The van der Waals surface area contributed by atoms with Gasteiger partial charge in [0.15, 0.2) is 0 Å². The molecule has 1 atom stereocenters. The second kappa shape index (κ2) is 6.54. The number of urea groups is 1. The fraction of sp³-hybridized carbons (Fsp3) is 0.167. The molecule has 2 amide bonds. The van der Waals surface area contributed by atoms with E-state index in [-0.39, 0.29) is 24.3 Å². The molecule has 0 spiro atoms. The number of nitrogens with zero attached hydrogens (tertiary/aromatic N) is 3. The van der Waals surface area contributed by atoms with Crippen LogP contribution in [0.4, 0.5) is 16.2 Å². The lowest BCUT2D eigenvalue weighted by Gasteiger charge is -2.21. The van der Waals surface area contributed by atoms with Gasteiger partial charge < -0.3 is 4.90 Å². The molecule has 0 radical (unpaired) electrons. The predicted molar refractivity (Wildman–Crippen MR) is 91.8 cm³/mol. The van der Waals surface area contributed by atoms with Crippen LogP contribution in [0.1, 0.15) is 5.56 Å². The summed E-state index contributed by atoms with van der Waals surface area (Å²) in [5.74, 6) is 0. The van der Waals surface area contributed by atoms with Crippen molar-refractivity contribution in [3.63, 3.8) is 0 Å². The molecule has 2 aromatic rings. The molecule has 6 nitrogen and oxygen atoms in total. The summed E-state index contributed by atoms with van der Waals surface area (Å²) in [6.45, 7) is 4.46. The van der Waals surface area contributed by atoms with Gasteiger partial charge in [-0.1, -0.05) is 42.5 Å². The minimum atomic E-state index is -0.421. The fourth-order valence-corrected chi connectivity index (χ4v) is 2.91. The monoisotopic (exact) mass is 323 g/mol. The molecule has 0 bridgehead atoms. The summed E-state index contributed by atoms with van der Waals surface area (Å²) in [6, 6.07) is 15.5. The summed E-state index contributed by atoms with van der Waals surface area (Å²) in [7, 11) is 0. The zero-order valence-corrected chi connectivity index (χ0v) is 13.0. The minimum absolute atomic E-state index is 0.0265. The molecule has 3 rings (SSSR count). The lowest BCUT2D eigenvalue weighted by atomic mass is 10.1. The molecule has 1 aliphatic heterocycles. The van der Waals surface area contributed by atoms with Crippen LogP contribution in [0.3, 0.4) is 0 Å². The van der Waals surface area contributed by atoms with E-state index in [4.69, 9.17) is 0 Å². The van der Waals surface area contributed by atoms with Crippen molar-refractivity contribution in [2.75, 3.05) is 11.4 Å². The first-order valence-electron chi connectivity index (χ1n) is 7.60. The highest BCUT2D eigenvalue weighted by atomic mass is 16.6. The minimum Gasteiger partial charge on any atom is -0.317 e. The normalized spacial score (nSPS) is 17.2. The number of amides is 2. The Bertz CT molecular complexity index is 776. The standard InChI is InChI=1S/C18H17N3O3/c1-2-15-13-19(12-14-8-6-7-11-17(14)21(23)24)18(22)20(15)16-9-4-3-5-10-16/h2-11,15H,1,12-13H2/t15-/m0/s1. The van der Waals surface area contributed by atoms with E-state index in [0.717, 1.165) is 5.69 Å². The van der Waals surface area contributed by atoms with Crippen LogP contribution in [0.25, 0.3) is 0 Å². The largest absolute Gasteiger partial charge is 0.325 e. The number of hydrogen-bond acceptors (Lipinski definition) is 3. The summed E-state index contributed by atoms with van der Waals surface area (Å²) in [6.07, 6.45) is 1.73. The zero-order chi connectivity index (χ0) is 17.1. The molecule has 1 heterocycles. The van der Waals surface area contributed by atoms with Crippen molar-refractivity contribution in [1.82, 2.24) is 4.90 Å². The van der Waals surface area contributed by atoms with E-state index < -0.39 is 4.92 Å². The Morgan fingerprint density at radius 2 is 1.83 bits per heavy atom. The maximum atomic E-state index is 12.8. The van der Waals surface area contributed by atoms with Crippen LogP contribution in [0.15, 0.2) is 67.3 Å². The van der Waals surface area contributed by atoms with Gasteiger partial charge in [-0.25, -0.2) is 4.79 Å². The number of benzene rings is 2. The SMILES string of the molecule is C=C[C@H]1CN(Cc2ccccc2[N+](=O)[O-])C(=O)N1c1ccccc1. The molecule has 24 heavy (non-hydrogen) atoms. The number of hydrogen-bond donors (Lipinski definition) is 0. The molecule has 0 aromatic heterocycles. The molecule has 122 valence electrons. The van der Waals surface area contributed by atoms with Gasteiger partial charge in [-0.05, 0) is 12.1 Å². The first-order chi connectivity index (χ1) is 11.6. The van der Waals surface area contributed by atoms with E-state index in [1.54, 1.807) is 34.1 Å². The van der Waals surface area contributed by atoms with Gasteiger partial charge in [0.2, 0.25) is 0 Å². The Hall–Kier alpha value is -3.15. The van der Waals surface area contributed by atoms with E-state index in [0.29, 0.717) is 12.1 Å². The average molecular weight is 323 g/mol. The Morgan fingerprint density at radius 1 is 1.17 bits per heavy atom. The molecule has 0 N–H and O–H groups in total. The first kappa shape index (κ1) is 15.7. The van der Waals surface area contributed by atoms with Crippen LogP contribution in [-0.2, 0) is 6.54 Å². The summed E-state index contributed by atoms with van der Waals surface area (Å²) in [4.78, 5) is 26.8. The molecule has 0 saturated carbocycles. The molecule has 1 saturated heterocycles. The van der Waals surface area contributed by atoms with Crippen LogP contribution in [-0.4, -0.2) is 28.4 Å². The highest BCUT2D eigenvalue weighted by Crippen LogP contribution is 2.28. The number of nitro benzene ring substituents is 1. The second-order valence-electron chi connectivity index (χ2n) is 5.56. The van der Waals surface area contributed by atoms with Gasteiger partial charge in [0.05, 0.1) is 17.5 Å². The van der Waals surface area contributed by atoms with Crippen LogP contribution >= 0.6 is 0 Å². The fourth-order valence-electron chi connectivity index (χ4n) is 2.91. The third-order valence-corrected chi connectivity index (χ3v) is 4.07. The number of para-hydroxylation sites is 2. The third-order valence-electron chi connectivity index (χ3n) is 4.07. The molecule has 0 aliphatic carbocycles. The molecular weight excluding hydrogens is 306 g/mol. The number of anilines is 1. The van der Waals surface area contributed by atoms with E-state index in [9.17, 15) is 14.9 Å². The molecule has 1 aliphatic rings. The van der Waals surface area contributed by atoms with Crippen LogP contribution in [0.5, 0.6) is 0 Å². The van der Waals surface area contributed by atoms with E-state index in [1.165, 1.54) is 6.07 Å². The van der Waals surface area contributed by atoms with Crippen molar-refractivity contribution in [3.05, 3.63) is 82.9 Å². The van der Waals surface area contributed by atoms with E-state index in [2.05, 4.69) is 6.58 Å². The topological polar surface area (TPSA) is 66.7 Å². The molecule has 1 fully saturated rings. The molecule has 2 aromatic carbocycles. The molecular formula is C18H17N3O3. The second-order valence-corrected chi connectivity index (χ2v) is 5.56. The average Bonchev–Trinajstić information content (AvgIpc) is 2.92. The van der Waals surface area contributed by atoms with Crippen molar-refractivity contribution >= 4 is 17.4 Å². The van der Waals surface area contributed by atoms with Gasteiger partial charge in [0.25, 0.3) is 5.69 Å². The van der Waals surface area contributed by atoms with Crippen molar-refractivity contribution in [2.45, 2.75) is 12.6 Å².